The van der Waals surface area contributed by atoms with Crippen molar-refractivity contribution in [1.82, 2.24) is 19.9 Å². The summed E-state index contributed by atoms with van der Waals surface area (Å²) in [7, 11) is 0. The summed E-state index contributed by atoms with van der Waals surface area (Å²) in [5.41, 5.74) is 2.70. The molecule has 0 bridgehead atoms. The van der Waals surface area contributed by atoms with Crippen LogP contribution in [0.3, 0.4) is 0 Å². The minimum atomic E-state index is 0.519. The molecule has 0 radical (unpaired) electrons. The van der Waals surface area contributed by atoms with Gasteiger partial charge in [0.05, 0.1) is 11.7 Å². The highest BCUT2D eigenvalue weighted by Gasteiger charge is 2.27. The van der Waals surface area contributed by atoms with Gasteiger partial charge in [0.15, 0.2) is 11.6 Å². The molecular weight excluding hydrogens is 407 g/mol. The van der Waals surface area contributed by atoms with Crippen LogP contribution in [-0.4, -0.2) is 52.1 Å². The van der Waals surface area contributed by atoms with Crippen LogP contribution >= 0.6 is 23.2 Å². The van der Waals surface area contributed by atoms with E-state index in [1.54, 1.807) is 12.4 Å². The molecule has 1 aromatic carbocycles. The zero-order chi connectivity index (χ0) is 19.8. The van der Waals surface area contributed by atoms with E-state index in [2.05, 4.69) is 20.1 Å². The lowest BCUT2D eigenvalue weighted by molar-refractivity contribution is 0.249. The Balaban J connectivity index is 1.34. The maximum atomic E-state index is 6.35. The Labute approximate surface area is 179 Å². The maximum Gasteiger partial charge on any atom is 0.172 e. The predicted octanol–water partition coefficient (Wildman–Crippen LogP) is 4.23. The molecule has 0 unspecified atom stereocenters. The molecule has 2 aromatic heterocycles. The number of hydrogen-bond acceptors (Lipinski definition) is 6. The Bertz CT molecular complexity index is 1010. The van der Waals surface area contributed by atoms with Crippen molar-refractivity contribution in [2.24, 2.45) is 0 Å². The number of fused-ring (bicyclic) bond motifs is 1. The van der Waals surface area contributed by atoms with Gasteiger partial charge < -0.3 is 10.2 Å². The van der Waals surface area contributed by atoms with Gasteiger partial charge in [0, 0.05) is 60.6 Å². The molecule has 0 spiro atoms. The Morgan fingerprint density at radius 3 is 2.45 bits per heavy atom. The van der Waals surface area contributed by atoms with E-state index in [9.17, 15) is 0 Å². The fourth-order valence-electron chi connectivity index (χ4n) is 3.66. The molecule has 1 saturated heterocycles. The van der Waals surface area contributed by atoms with E-state index < -0.39 is 0 Å². The van der Waals surface area contributed by atoms with E-state index in [0.717, 1.165) is 71.0 Å². The second-order valence-corrected chi connectivity index (χ2v) is 8.46. The molecule has 3 heterocycles. The molecule has 1 saturated carbocycles. The number of pyridine rings is 1. The SMILES string of the molecule is Clc1cccc(Cl)c1CN1CCN(c2nc3cnccc3nc2NC2CC2)CC1. The third-order valence-corrected chi connectivity index (χ3v) is 6.19. The first-order valence-corrected chi connectivity index (χ1v) is 10.7. The summed E-state index contributed by atoms with van der Waals surface area (Å²) >= 11 is 12.7. The topological polar surface area (TPSA) is 57.2 Å². The van der Waals surface area contributed by atoms with E-state index in [1.165, 1.54) is 12.8 Å². The average Bonchev–Trinajstić information content (AvgIpc) is 3.55. The second-order valence-electron chi connectivity index (χ2n) is 7.64. The average molecular weight is 429 g/mol. The molecule has 29 heavy (non-hydrogen) atoms. The molecule has 1 N–H and O–H groups in total. The highest BCUT2D eigenvalue weighted by molar-refractivity contribution is 6.35. The van der Waals surface area contributed by atoms with E-state index in [1.807, 2.05) is 24.3 Å². The molecule has 2 fully saturated rings. The molecule has 5 rings (SSSR count). The van der Waals surface area contributed by atoms with Gasteiger partial charge in [0.1, 0.15) is 5.52 Å². The molecule has 8 heteroatoms. The van der Waals surface area contributed by atoms with Crippen molar-refractivity contribution in [3.8, 4) is 0 Å². The molecule has 1 aliphatic carbocycles. The summed E-state index contributed by atoms with van der Waals surface area (Å²) in [4.78, 5) is 18.6. The fraction of sp³-hybridized carbons (Fsp3) is 0.381. The number of aromatic nitrogens is 3. The van der Waals surface area contributed by atoms with Crippen LogP contribution in [-0.2, 0) is 6.54 Å². The van der Waals surface area contributed by atoms with Crippen LogP contribution in [0.15, 0.2) is 36.7 Å². The van der Waals surface area contributed by atoms with Crippen LogP contribution in [0, 0.1) is 0 Å². The maximum absolute atomic E-state index is 6.35. The molecule has 6 nitrogen and oxygen atoms in total. The van der Waals surface area contributed by atoms with Crippen LogP contribution in [0.1, 0.15) is 18.4 Å². The highest BCUT2D eigenvalue weighted by atomic mass is 35.5. The summed E-state index contributed by atoms with van der Waals surface area (Å²) < 4.78 is 0. The zero-order valence-electron chi connectivity index (χ0n) is 16.0. The van der Waals surface area contributed by atoms with Gasteiger partial charge in [-0.05, 0) is 31.0 Å². The van der Waals surface area contributed by atoms with E-state index >= 15 is 0 Å². The third-order valence-electron chi connectivity index (χ3n) is 5.48. The molecule has 3 aromatic rings. The standard InChI is InChI=1S/C21H22Cl2N6/c22-16-2-1-3-17(23)15(16)13-28-8-10-29(11-9-28)21-20(25-14-4-5-14)26-18-6-7-24-12-19(18)27-21/h1-3,6-7,12,14H,4-5,8-11,13H2,(H,25,26). The number of nitrogens with zero attached hydrogens (tertiary/aromatic N) is 5. The van der Waals surface area contributed by atoms with Crippen LogP contribution in [0.4, 0.5) is 11.6 Å². The van der Waals surface area contributed by atoms with Gasteiger partial charge in [-0.2, -0.15) is 0 Å². The number of benzene rings is 1. The number of piperazine rings is 1. The van der Waals surface area contributed by atoms with Gasteiger partial charge in [-0.3, -0.25) is 9.88 Å². The summed E-state index contributed by atoms with van der Waals surface area (Å²) in [6.45, 7) is 4.34. The number of nitrogens with one attached hydrogen (secondary N) is 1. The number of anilines is 2. The van der Waals surface area contributed by atoms with Gasteiger partial charge in [0.2, 0.25) is 0 Å². The molecule has 1 aliphatic heterocycles. The Morgan fingerprint density at radius 1 is 0.966 bits per heavy atom. The van der Waals surface area contributed by atoms with Crippen molar-refractivity contribution in [2.75, 3.05) is 36.4 Å². The summed E-state index contributed by atoms with van der Waals surface area (Å²) in [5, 5.41) is 5.01. The number of hydrogen-bond donors (Lipinski definition) is 1. The summed E-state index contributed by atoms with van der Waals surface area (Å²) in [5.74, 6) is 1.81. The van der Waals surface area contributed by atoms with Crippen molar-refractivity contribution < 1.29 is 0 Å². The third kappa shape index (κ3) is 4.10. The molecular formula is C21H22Cl2N6. The first kappa shape index (κ1) is 18.9. The van der Waals surface area contributed by atoms with Gasteiger partial charge in [0.25, 0.3) is 0 Å². The van der Waals surface area contributed by atoms with Crippen molar-refractivity contribution >= 4 is 45.9 Å². The van der Waals surface area contributed by atoms with Crippen LogP contribution in [0.25, 0.3) is 11.0 Å². The Morgan fingerprint density at radius 2 is 1.72 bits per heavy atom. The van der Waals surface area contributed by atoms with Crippen molar-refractivity contribution in [3.05, 3.63) is 52.3 Å². The molecule has 2 aliphatic rings. The van der Waals surface area contributed by atoms with E-state index in [-0.39, 0.29) is 0 Å². The first-order chi connectivity index (χ1) is 14.2. The Kier molecular flexibility index (Phi) is 5.16. The number of halogens is 2. The van der Waals surface area contributed by atoms with Crippen molar-refractivity contribution in [1.29, 1.82) is 0 Å². The number of rotatable bonds is 5. The fourth-order valence-corrected chi connectivity index (χ4v) is 4.18. The second kappa shape index (κ2) is 7.94. The minimum absolute atomic E-state index is 0.519. The van der Waals surface area contributed by atoms with Gasteiger partial charge in [-0.25, -0.2) is 9.97 Å². The first-order valence-electron chi connectivity index (χ1n) is 9.96. The smallest absolute Gasteiger partial charge is 0.172 e. The van der Waals surface area contributed by atoms with E-state index in [4.69, 9.17) is 33.2 Å². The van der Waals surface area contributed by atoms with Crippen LogP contribution in [0.2, 0.25) is 10.0 Å². The lowest BCUT2D eigenvalue weighted by Crippen LogP contribution is -2.46. The zero-order valence-corrected chi connectivity index (χ0v) is 17.5. The largest absolute Gasteiger partial charge is 0.364 e. The van der Waals surface area contributed by atoms with Crippen LogP contribution in [0.5, 0.6) is 0 Å². The van der Waals surface area contributed by atoms with Gasteiger partial charge >= 0.3 is 0 Å². The van der Waals surface area contributed by atoms with Crippen molar-refractivity contribution in [3.63, 3.8) is 0 Å². The Hall–Kier alpha value is -2.15. The van der Waals surface area contributed by atoms with Crippen molar-refractivity contribution in [2.45, 2.75) is 25.4 Å². The lowest BCUT2D eigenvalue weighted by atomic mass is 10.2. The quantitative estimate of drug-likeness (QED) is 0.655. The summed E-state index contributed by atoms with van der Waals surface area (Å²) in [6, 6.07) is 8.11. The molecule has 150 valence electrons. The monoisotopic (exact) mass is 428 g/mol. The normalized spacial score (nSPS) is 17.7. The predicted molar refractivity (Wildman–Crippen MR) is 118 cm³/mol. The van der Waals surface area contributed by atoms with E-state index in [0.29, 0.717) is 6.04 Å². The lowest BCUT2D eigenvalue weighted by Gasteiger charge is -2.36. The molecule has 0 amide bonds. The van der Waals surface area contributed by atoms with Crippen LogP contribution < -0.4 is 10.2 Å². The minimum Gasteiger partial charge on any atom is -0.364 e. The highest BCUT2D eigenvalue weighted by Crippen LogP contribution is 2.31. The van der Waals surface area contributed by atoms with Gasteiger partial charge in [-0.1, -0.05) is 29.3 Å². The summed E-state index contributed by atoms with van der Waals surface area (Å²) in [6.07, 6.45) is 5.93. The molecule has 0 atom stereocenters. The van der Waals surface area contributed by atoms with Gasteiger partial charge in [-0.15, -0.1) is 0 Å².